The minimum Gasteiger partial charge on any atom is -0.399 e. The smallest absolute Gasteiger partial charge is 0.151 e. The van der Waals surface area contributed by atoms with Crippen molar-refractivity contribution in [3.05, 3.63) is 54.6 Å². The van der Waals surface area contributed by atoms with E-state index in [-0.39, 0.29) is 5.82 Å². The van der Waals surface area contributed by atoms with E-state index in [0.29, 0.717) is 11.2 Å². The molecule has 0 spiro atoms. The SMILES string of the molecule is Nc1ccc(-n2cnc3c(F)cccc32)cc1. The number of benzene rings is 2. The van der Waals surface area contributed by atoms with E-state index in [1.807, 2.05) is 22.8 Å². The van der Waals surface area contributed by atoms with Gasteiger partial charge in [0.1, 0.15) is 11.8 Å². The molecule has 0 fully saturated rings. The highest BCUT2D eigenvalue weighted by molar-refractivity contribution is 5.78. The fourth-order valence-corrected chi connectivity index (χ4v) is 1.84. The number of nitrogens with zero attached hydrogens (tertiary/aromatic N) is 2. The molecule has 0 bridgehead atoms. The second kappa shape index (κ2) is 3.59. The van der Waals surface area contributed by atoms with Crippen LogP contribution in [0.4, 0.5) is 10.1 Å². The third kappa shape index (κ3) is 1.54. The molecule has 0 amide bonds. The van der Waals surface area contributed by atoms with Gasteiger partial charge in [-0.3, -0.25) is 4.57 Å². The van der Waals surface area contributed by atoms with Crippen LogP contribution in [0, 0.1) is 5.82 Å². The summed E-state index contributed by atoms with van der Waals surface area (Å²) in [7, 11) is 0. The molecule has 1 heterocycles. The molecule has 3 aromatic rings. The molecule has 0 radical (unpaired) electrons. The lowest BCUT2D eigenvalue weighted by atomic mass is 10.2. The zero-order valence-electron chi connectivity index (χ0n) is 8.97. The normalized spacial score (nSPS) is 10.9. The summed E-state index contributed by atoms with van der Waals surface area (Å²) in [5, 5.41) is 0. The number of hydrogen-bond acceptors (Lipinski definition) is 2. The molecule has 2 N–H and O–H groups in total. The second-order valence-corrected chi connectivity index (χ2v) is 3.81. The number of anilines is 1. The monoisotopic (exact) mass is 227 g/mol. The molecule has 0 atom stereocenters. The molecule has 1 aromatic heterocycles. The highest BCUT2D eigenvalue weighted by Gasteiger charge is 2.07. The quantitative estimate of drug-likeness (QED) is 0.649. The number of aromatic nitrogens is 2. The number of nitrogen functional groups attached to an aromatic ring is 1. The number of para-hydroxylation sites is 1. The van der Waals surface area contributed by atoms with Crippen molar-refractivity contribution in [2.45, 2.75) is 0 Å². The van der Waals surface area contributed by atoms with Crippen LogP contribution in [-0.2, 0) is 0 Å². The Hall–Kier alpha value is -2.36. The van der Waals surface area contributed by atoms with Crippen molar-refractivity contribution < 1.29 is 4.39 Å². The lowest BCUT2D eigenvalue weighted by molar-refractivity contribution is 0.637. The van der Waals surface area contributed by atoms with Crippen LogP contribution in [0.5, 0.6) is 0 Å². The molecular weight excluding hydrogens is 217 g/mol. The predicted octanol–water partition coefficient (Wildman–Crippen LogP) is 2.75. The minimum atomic E-state index is -0.309. The van der Waals surface area contributed by atoms with Crippen LogP contribution < -0.4 is 5.73 Å². The summed E-state index contributed by atoms with van der Waals surface area (Å²) in [6, 6.07) is 12.3. The van der Waals surface area contributed by atoms with Gasteiger partial charge in [-0.15, -0.1) is 0 Å². The molecule has 2 aromatic carbocycles. The Morgan fingerprint density at radius 3 is 2.59 bits per heavy atom. The lowest BCUT2D eigenvalue weighted by Gasteiger charge is -2.04. The van der Waals surface area contributed by atoms with Crippen LogP contribution in [0.15, 0.2) is 48.8 Å². The minimum absolute atomic E-state index is 0.309. The summed E-state index contributed by atoms with van der Waals surface area (Å²) in [4.78, 5) is 4.07. The number of rotatable bonds is 1. The standard InChI is InChI=1S/C13H10FN3/c14-11-2-1-3-12-13(11)16-8-17(12)10-6-4-9(15)5-7-10/h1-8H,15H2. The average molecular weight is 227 g/mol. The van der Waals surface area contributed by atoms with E-state index in [0.717, 1.165) is 11.2 Å². The van der Waals surface area contributed by atoms with Crippen molar-refractivity contribution in [2.24, 2.45) is 0 Å². The number of halogens is 1. The fraction of sp³-hybridized carbons (Fsp3) is 0. The topological polar surface area (TPSA) is 43.8 Å². The molecule has 17 heavy (non-hydrogen) atoms. The highest BCUT2D eigenvalue weighted by Crippen LogP contribution is 2.20. The lowest BCUT2D eigenvalue weighted by Crippen LogP contribution is -1.92. The van der Waals surface area contributed by atoms with Crippen molar-refractivity contribution >= 4 is 16.7 Å². The van der Waals surface area contributed by atoms with Gasteiger partial charge in [-0.1, -0.05) is 6.07 Å². The first-order valence-corrected chi connectivity index (χ1v) is 5.23. The van der Waals surface area contributed by atoms with Gasteiger partial charge in [0.25, 0.3) is 0 Å². The molecule has 0 aliphatic heterocycles. The molecular formula is C13H10FN3. The first kappa shape index (κ1) is 9.84. The van der Waals surface area contributed by atoms with Gasteiger partial charge in [-0.2, -0.15) is 0 Å². The van der Waals surface area contributed by atoms with Gasteiger partial charge in [0.05, 0.1) is 5.52 Å². The van der Waals surface area contributed by atoms with Crippen molar-refractivity contribution in [1.82, 2.24) is 9.55 Å². The summed E-state index contributed by atoms with van der Waals surface area (Å²) >= 11 is 0. The zero-order chi connectivity index (χ0) is 11.8. The summed E-state index contributed by atoms with van der Waals surface area (Å²) in [6.07, 6.45) is 1.61. The fourth-order valence-electron chi connectivity index (χ4n) is 1.84. The van der Waals surface area contributed by atoms with Gasteiger partial charge in [0, 0.05) is 11.4 Å². The van der Waals surface area contributed by atoms with Gasteiger partial charge in [-0.25, -0.2) is 9.37 Å². The number of fused-ring (bicyclic) bond motifs is 1. The van der Waals surface area contributed by atoms with Crippen LogP contribution in [0.2, 0.25) is 0 Å². The third-order valence-corrected chi connectivity index (χ3v) is 2.70. The van der Waals surface area contributed by atoms with Crippen molar-refractivity contribution in [3.63, 3.8) is 0 Å². The predicted molar refractivity (Wildman–Crippen MR) is 65.4 cm³/mol. The first-order chi connectivity index (χ1) is 8.25. The molecule has 84 valence electrons. The second-order valence-electron chi connectivity index (χ2n) is 3.81. The Morgan fingerprint density at radius 2 is 1.82 bits per heavy atom. The highest BCUT2D eigenvalue weighted by atomic mass is 19.1. The Balaban J connectivity index is 2.24. The number of hydrogen-bond donors (Lipinski definition) is 1. The van der Waals surface area contributed by atoms with Crippen LogP contribution >= 0.6 is 0 Å². The van der Waals surface area contributed by atoms with E-state index in [2.05, 4.69) is 4.98 Å². The molecule has 4 heteroatoms. The largest absolute Gasteiger partial charge is 0.399 e. The Kier molecular flexibility index (Phi) is 2.08. The van der Waals surface area contributed by atoms with Crippen molar-refractivity contribution in [1.29, 1.82) is 0 Å². The molecule has 0 saturated heterocycles. The summed E-state index contributed by atoms with van der Waals surface area (Å²) in [5.41, 5.74) is 8.36. The molecule has 3 nitrogen and oxygen atoms in total. The summed E-state index contributed by atoms with van der Waals surface area (Å²) < 4.78 is 15.3. The third-order valence-electron chi connectivity index (χ3n) is 2.70. The van der Waals surface area contributed by atoms with Gasteiger partial charge in [0.15, 0.2) is 5.82 Å². The summed E-state index contributed by atoms with van der Waals surface area (Å²) in [5.74, 6) is -0.309. The molecule has 0 saturated carbocycles. The molecule has 0 unspecified atom stereocenters. The zero-order valence-corrected chi connectivity index (χ0v) is 8.97. The van der Waals surface area contributed by atoms with E-state index >= 15 is 0 Å². The van der Waals surface area contributed by atoms with Crippen LogP contribution in [0.25, 0.3) is 16.7 Å². The molecule has 0 aliphatic carbocycles. The van der Waals surface area contributed by atoms with Crippen LogP contribution in [0.1, 0.15) is 0 Å². The maximum Gasteiger partial charge on any atom is 0.151 e. The van der Waals surface area contributed by atoms with E-state index in [9.17, 15) is 4.39 Å². The van der Waals surface area contributed by atoms with Gasteiger partial charge >= 0.3 is 0 Å². The first-order valence-electron chi connectivity index (χ1n) is 5.23. The maximum absolute atomic E-state index is 13.5. The van der Waals surface area contributed by atoms with Crippen LogP contribution in [-0.4, -0.2) is 9.55 Å². The van der Waals surface area contributed by atoms with E-state index in [4.69, 9.17) is 5.73 Å². The Bertz CT molecular complexity index is 671. The summed E-state index contributed by atoms with van der Waals surface area (Å²) in [6.45, 7) is 0. The van der Waals surface area contributed by atoms with Crippen molar-refractivity contribution in [2.75, 3.05) is 5.73 Å². The van der Waals surface area contributed by atoms with E-state index in [1.165, 1.54) is 6.07 Å². The Labute approximate surface area is 97.3 Å². The van der Waals surface area contributed by atoms with Gasteiger partial charge in [0.2, 0.25) is 0 Å². The maximum atomic E-state index is 13.5. The van der Waals surface area contributed by atoms with Crippen molar-refractivity contribution in [3.8, 4) is 5.69 Å². The molecule has 0 aliphatic rings. The van der Waals surface area contributed by atoms with E-state index < -0.39 is 0 Å². The van der Waals surface area contributed by atoms with Gasteiger partial charge in [-0.05, 0) is 36.4 Å². The molecule has 3 rings (SSSR count). The van der Waals surface area contributed by atoms with Crippen LogP contribution in [0.3, 0.4) is 0 Å². The number of nitrogens with two attached hydrogens (primary N) is 1. The number of imidazole rings is 1. The average Bonchev–Trinajstić information content (AvgIpc) is 2.75. The Morgan fingerprint density at radius 1 is 1.06 bits per heavy atom. The van der Waals surface area contributed by atoms with E-state index in [1.54, 1.807) is 24.5 Å². The van der Waals surface area contributed by atoms with Gasteiger partial charge < -0.3 is 5.73 Å².